The van der Waals surface area contributed by atoms with E-state index in [2.05, 4.69) is 5.32 Å². The van der Waals surface area contributed by atoms with E-state index in [0.29, 0.717) is 10.1 Å². The van der Waals surface area contributed by atoms with E-state index in [1.807, 2.05) is 0 Å². The van der Waals surface area contributed by atoms with Gasteiger partial charge in [-0.1, -0.05) is 36.3 Å². The summed E-state index contributed by atoms with van der Waals surface area (Å²) in [5, 5.41) is 3.36. The van der Waals surface area contributed by atoms with Gasteiger partial charge in [-0.3, -0.25) is 14.4 Å². The number of nitrogens with zero attached hydrogens (tertiary/aromatic N) is 1. The Bertz CT molecular complexity index is 848. The molecule has 2 heterocycles. The van der Waals surface area contributed by atoms with E-state index >= 15 is 0 Å². The van der Waals surface area contributed by atoms with Crippen molar-refractivity contribution in [2.24, 2.45) is 0 Å². The second-order valence-corrected chi connectivity index (χ2v) is 8.74. The Balaban J connectivity index is 1.62. The molecule has 1 saturated carbocycles. The molecule has 0 aromatic heterocycles. The molecule has 3 aliphatic rings. The van der Waals surface area contributed by atoms with Crippen LogP contribution in [-0.4, -0.2) is 71.2 Å². The Labute approximate surface area is 206 Å². The zero-order chi connectivity index (χ0) is 24.7. The summed E-state index contributed by atoms with van der Waals surface area (Å²) in [6.07, 6.45) is 3.57. The minimum absolute atomic E-state index is 0.128. The number of ketones is 1. The summed E-state index contributed by atoms with van der Waals surface area (Å²) in [6, 6.07) is -0.947. The minimum atomic E-state index is -2.45. The van der Waals surface area contributed by atoms with Gasteiger partial charge in [-0.15, -0.1) is 0 Å². The molecule has 0 spiro atoms. The van der Waals surface area contributed by atoms with E-state index in [1.165, 1.54) is 12.5 Å². The van der Waals surface area contributed by atoms with Crippen LogP contribution in [0.4, 0.5) is 4.79 Å². The summed E-state index contributed by atoms with van der Waals surface area (Å²) in [5.74, 6) is -2.71. The molecule has 1 N–H and O–H groups in total. The summed E-state index contributed by atoms with van der Waals surface area (Å²) in [6.45, 7) is 0.957. The number of Topliss-reactive ketones (excluding diaryl/α,β-unsaturated/α-hetero) is 1. The van der Waals surface area contributed by atoms with Crippen LogP contribution in [0.2, 0.25) is 0 Å². The van der Waals surface area contributed by atoms with Crippen molar-refractivity contribution in [3.63, 3.8) is 0 Å². The largest absolute Gasteiger partial charge is 0.511 e. The van der Waals surface area contributed by atoms with Crippen molar-refractivity contribution in [3.8, 4) is 0 Å². The Morgan fingerprint density at radius 2 is 2.03 bits per heavy atom. The summed E-state index contributed by atoms with van der Waals surface area (Å²) >= 11 is 10.6. The number of nitrogens with one attached hydrogen (secondary N) is 1. The third-order valence-electron chi connectivity index (χ3n) is 5.53. The monoisotopic (exact) mass is 518 g/mol. The highest BCUT2D eigenvalue weighted by Crippen LogP contribution is 2.32. The second kappa shape index (κ2) is 11.9. The van der Waals surface area contributed by atoms with Gasteiger partial charge in [0.1, 0.15) is 18.8 Å². The van der Waals surface area contributed by atoms with Crippen molar-refractivity contribution in [2.75, 3.05) is 13.2 Å². The maximum Gasteiger partial charge on any atom is 0.511 e. The zero-order valence-electron chi connectivity index (χ0n) is 18.7. The predicted octanol–water partition coefficient (Wildman–Crippen LogP) is 2.25. The molecule has 13 heteroatoms. The lowest BCUT2D eigenvalue weighted by molar-refractivity contribution is -0.262. The first-order chi connectivity index (χ1) is 16.3. The van der Waals surface area contributed by atoms with E-state index in [9.17, 15) is 19.2 Å². The molecule has 3 fully saturated rings. The number of esters is 1. The topological polar surface area (TPSA) is 130 Å². The quantitative estimate of drug-likeness (QED) is 0.220. The van der Waals surface area contributed by atoms with E-state index < -0.39 is 41.9 Å². The molecule has 11 nitrogen and oxygen atoms in total. The highest BCUT2D eigenvalue weighted by atomic mass is 35.5. The fourth-order valence-corrected chi connectivity index (χ4v) is 4.21. The van der Waals surface area contributed by atoms with E-state index in [0.717, 1.165) is 32.1 Å². The van der Waals surface area contributed by atoms with Crippen molar-refractivity contribution in [3.05, 3.63) is 11.6 Å². The van der Waals surface area contributed by atoms with Crippen LogP contribution in [0.3, 0.4) is 0 Å². The summed E-state index contributed by atoms with van der Waals surface area (Å²) in [4.78, 5) is 56.4. The van der Waals surface area contributed by atoms with Gasteiger partial charge < -0.3 is 24.3 Å². The van der Waals surface area contributed by atoms with Gasteiger partial charge in [0.2, 0.25) is 12.1 Å². The Morgan fingerprint density at radius 3 is 2.68 bits per heavy atom. The third-order valence-corrected chi connectivity index (χ3v) is 5.99. The Hall–Kier alpha value is -2.28. The molecule has 2 unspecified atom stereocenters. The Kier molecular flexibility index (Phi) is 9.23. The van der Waals surface area contributed by atoms with Crippen LogP contribution < -0.4 is 5.32 Å². The van der Waals surface area contributed by atoms with Crippen molar-refractivity contribution in [1.82, 2.24) is 10.4 Å². The van der Waals surface area contributed by atoms with Crippen LogP contribution in [0, 0.1) is 0 Å². The minimum Gasteiger partial charge on any atom is -0.431 e. The summed E-state index contributed by atoms with van der Waals surface area (Å²) in [7, 11) is 0. The van der Waals surface area contributed by atoms with Crippen LogP contribution in [0.5, 0.6) is 0 Å². The number of halogens is 1. The number of amides is 1. The highest BCUT2D eigenvalue weighted by Gasteiger charge is 2.63. The number of rotatable bonds is 8. The number of carbonyl (C=O) groups is 4. The molecule has 2 aliphatic heterocycles. The lowest BCUT2D eigenvalue weighted by atomic mass is 9.98. The van der Waals surface area contributed by atoms with Crippen LogP contribution in [0.1, 0.15) is 51.9 Å². The fraction of sp³-hybridized carbons (Fsp3) is 0.667. The lowest BCUT2D eigenvalue weighted by Crippen LogP contribution is -2.61. The third kappa shape index (κ3) is 6.04. The number of ether oxygens (including phenoxy) is 4. The predicted molar refractivity (Wildman–Crippen MR) is 120 cm³/mol. The smallest absolute Gasteiger partial charge is 0.431 e. The number of hydrogen-bond donors (Lipinski definition) is 1. The first kappa shape index (κ1) is 26.3. The molecular weight excluding hydrogens is 492 g/mol. The average molecular weight is 519 g/mol. The zero-order valence-corrected chi connectivity index (χ0v) is 20.2. The van der Waals surface area contributed by atoms with Crippen molar-refractivity contribution in [2.45, 2.75) is 76.0 Å². The fourth-order valence-electron chi connectivity index (χ4n) is 3.89. The first-order valence-corrected chi connectivity index (χ1v) is 11.9. The number of hydrogen-bond acceptors (Lipinski definition) is 10. The van der Waals surface area contributed by atoms with Gasteiger partial charge in [-0.25, -0.2) is 9.59 Å². The lowest BCUT2D eigenvalue weighted by Gasteiger charge is -2.32. The van der Waals surface area contributed by atoms with Crippen molar-refractivity contribution in [1.29, 1.82) is 0 Å². The van der Waals surface area contributed by atoms with Gasteiger partial charge in [-0.2, -0.15) is 5.06 Å². The van der Waals surface area contributed by atoms with E-state index in [-0.39, 0.29) is 32.2 Å². The molecule has 34 heavy (non-hydrogen) atoms. The maximum absolute atomic E-state index is 13.0. The van der Waals surface area contributed by atoms with Crippen LogP contribution in [0.25, 0.3) is 0 Å². The first-order valence-electron chi connectivity index (χ1n) is 11.0. The van der Waals surface area contributed by atoms with Gasteiger partial charge >= 0.3 is 17.8 Å². The van der Waals surface area contributed by atoms with Gasteiger partial charge in [0.05, 0.1) is 11.6 Å². The highest BCUT2D eigenvalue weighted by molar-refractivity contribution is 7.80. The maximum atomic E-state index is 13.0. The van der Waals surface area contributed by atoms with Crippen LogP contribution >= 0.6 is 23.8 Å². The van der Waals surface area contributed by atoms with Gasteiger partial charge in [-0.05, 0) is 25.7 Å². The average Bonchev–Trinajstić information content (AvgIpc) is 3.35. The molecule has 188 valence electrons. The molecule has 1 amide bonds. The van der Waals surface area contributed by atoms with Crippen molar-refractivity contribution >= 4 is 52.6 Å². The van der Waals surface area contributed by atoms with Gasteiger partial charge in [0, 0.05) is 25.3 Å². The molecule has 0 aromatic rings. The molecule has 0 radical (unpaired) electrons. The molecule has 2 saturated heterocycles. The molecular formula is C21H27ClN2O9S. The van der Waals surface area contributed by atoms with Crippen LogP contribution in [-0.2, 0) is 38.2 Å². The van der Waals surface area contributed by atoms with Crippen LogP contribution in [0.15, 0.2) is 11.6 Å². The molecule has 3 rings (SSSR count). The Morgan fingerprint density at radius 1 is 1.29 bits per heavy atom. The van der Waals surface area contributed by atoms with E-state index in [4.69, 9.17) is 47.6 Å². The molecule has 3 atom stereocenters. The van der Waals surface area contributed by atoms with Gasteiger partial charge in [0.15, 0.2) is 0 Å². The summed E-state index contributed by atoms with van der Waals surface area (Å²) < 4.78 is 20.8. The SMILES string of the molecule is CC(OC(=O)OC1CCCCC1)OC(=O)C1(N2OC[C@H](NC(=S)CC=CCl)C2=O)OCCC1=O. The number of hydroxylamine groups is 2. The molecule has 0 aromatic carbocycles. The van der Waals surface area contributed by atoms with Gasteiger partial charge in [0.25, 0.3) is 5.91 Å². The van der Waals surface area contributed by atoms with E-state index in [1.54, 1.807) is 6.08 Å². The second-order valence-electron chi connectivity index (χ2n) is 8.00. The number of carbonyl (C=O) groups excluding carboxylic acids is 4. The standard InChI is InChI=1S/C21H27ClN2O9S/c1-13(32-20(28)33-14-6-3-2-4-7-14)31-19(27)21(16(25)9-11-29-21)24-18(26)15(12-30-24)23-17(34)8-5-10-22/h5,10,13-15H,2-4,6-9,11-12H2,1H3,(H,23,34)/t13?,15-,21?/m0/s1. The number of thiocarbonyl (C=S) groups is 1. The van der Waals surface area contributed by atoms with Crippen molar-refractivity contribution < 1.29 is 43.0 Å². The summed E-state index contributed by atoms with van der Waals surface area (Å²) in [5.41, 5.74) is -1.16. The molecule has 1 aliphatic carbocycles. The molecule has 0 bridgehead atoms. The normalized spacial score (nSPS) is 26.5.